The third-order valence-corrected chi connectivity index (χ3v) is 5.40. The van der Waals surface area contributed by atoms with Crippen LogP contribution in [-0.2, 0) is 9.59 Å². The van der Waals surface area contributed by atoms with Crippen molar-refractivity contribution in [1.82, 2.24) is 10.2 Å². The highest BCUT2D eigenvalue weighted by atomic mass is 33.1. The molecular weight excluding hydrogens is 256 g/mol. The predicted octanol–water partition coefficient (Wildman–Crippen LogP) is 1.51. The molecule has 0 bridgehead atoms. The second kappa shape index (κ2) is 4.78. The number of carbonyl (C=O) groups is 2. The van der Waals surface area contributed by atoms with Gasteiger partial charge < -0.3 is 10.2 Å². The van der Waals surface area contributed by atoms with Crippen molar-refractivity contribution in [3.8, 4) is 0 Å². The Balaban J connectivity index is 2.15. The van der Waals surface area contributed by atoms with Crippen molar-refractivity contribution in [1.29, 1.82) is 0 Å². The van der Waals surface area contributed by atoms with E-state index >= 15 is 0 Å². The lowest BCUT2D eigenvalue weighted by molar-refractivity contribution is -0.130. The molecule has 0 saturated carbocycles. The lowest BCUT2D eigenvalue weighted by atomic mass is 10.2. The minimum absolute atomic E-state index is 0.0358. The molecule has 0 spiro atoms. The first-order valence-electron chi connectivity index (χ1n) is 5.29. The van der Waals surface area contributed by atoms with Gasteiger partial charge in [-0.15, -0.1) is 0 Å². The monoisotopic (exact) mass is 270 g/mol. The zero-order valence-corrected chi connectivity index (χ0v) is 11.5. The first kappa shape index (κ1) is 12.6. The highest BCUT2D eigenvalue weighted by Gasteiger charge is 2.46. The highest BCUT2D eigenvalue weighted by molar-refractivity contribution is 8.78. The molecular formula is C11H14N2O2S2. The average Bonchev–Trinajstić information content (AvgIpc) is 2.87. The van der Waals surface area contributed by atoms with Crippen molar-refractivity contribution in [2.75, 3.05) is 7.05 Å². The van der Waals surface area contributed by atoms with Gasteiger partial charge in [-0.05, 0) is 13.8 Å². The van der Waals surface area contributed by atoms with Crippen molar-refractivity contribution in [3.63, 3.8) is 0 Å². The average molecular weight is 270 g/mol. The summed E-state index contributed by atoms with van der Waals surface area (Å²) in [5.74, 6) is -0.204. The van der Waals surface area contributed by atoms with E-state index in [-0.39, 0.29) is 17.1 Å². The number of amides is 2. The van der Waals surface area contributed by atoms with E-state index in [0.717, 1.165) is 5.70 Å². The summed E-state index contributed by atoms with van der Waals surface area (Å²) in [5.41, 5.74) is 1.63. The Bertz CT molecular complexity index is 431. The molecule has 2 rings (SSSR count). The van der Waals surface area contributed by atoms with E-state index in [9.17, 15) is 9.59 Å². The normalized spacial score (nSPS) is 28.2. The van der Waals surface area contributed by atoms with Crippen molar-refractivity contribution >= 4 is 33.4 Å². The van der Waals surface area contributed by atoms with E-state index < -0.39 is 6.04 Å². The topological polar surface area (TPSA) is 49.4 Å². The Morgan fingerprint density at radius 3 is 2.94 bits per heavy atom. The Hall–Kier alpha value is -0.880. The summed E-state index contributed by atoms with van der Waals surface area (Å²) in [6, 6.07) is -0.436. The Morgan fingerprint density at radius 2 is 2.29 bits per heavy atom. The molecule has 2 aliphatic heterocycles. The summed E-state index contributed by atoms with van der Waals surface area (Å²) in [7, 11) is 4.98. The van der Waals surface area contributed by atoms with Gasteiger partial charge in [-0.2, -0.15) is 0 Å². The van der Waals surface area contributed by atoms with E-state index in [1.54, 1.807) is 46.5 Å². The number of carbonyl (C=O) groups excluding carboxylic acids is 2. The van der Waals surface area contributed by atoms with Crippen molar-refractivity contribution in [2.24, 2.45) is 0 Å². The predicted molar refractivity (Wildman–Crippen MR) is 71.2 cm³/mol. The molecule has 17 heavy (non-hydrogen) atoms. The standard InChI is InChI=1S/C11H14N2O2S2/c1-4-6(2)10(14)12-8-9-7(5-16-17-9)13(3)11(8)15/h4-5,8-9H,1-3H3,(H,12,14)/b6-4+. The molecule has 0 aromatic rings. The zero-order chi connectivity index (χ0) is 12.6. The van der Waals surface area contributed by atoms with Crippen LogP contribution in [0.2, 0.25) is 0 Å². The molecule has 1 N–H and O–H groups in total. The number of allylic oxidation sites excluding steroid dienone is 1. The summed E-state index contributed by atoms with van der Waals surface area (Å²) in [4.78, 5) is 25.4. The SMILES string of the molecule is C/C=C(\C)C(=O)NC1C(=O)N(C)C2=CSSC21. The molecule has 0 radical (unpaired) electrons. The van der Waals surface area contributed by atoms with E-state index in [1.807, 2.05) is 12.3 Å². The Kier molecular flexibility index (Phi) is 3.53. The number of hydrogen-bond donors (Lipinski definition) is 1. The second-order valence-electron chi connectivity index (χ2n) is 3.98. The molecule has 0 aromatic heterocycles. The molecule has 2 atom stereocenters. The maximum absolute atomic E-state index is 12.0. The minimum Gasteiger partial charge on any atom is -0.339 e. The van der Waals surface area contributed by atoms with E-state index in [0.29, 0.717) is 5.57 Å². The second-order valence-corrected chi connectivity index (χ2v) is 6.26. The molecule has 1 saturated heterocycles. The molecule has 2 heterocycles. The maximum atomic E-state index is 12.0. The summed E-state index contributed by atoms with van der Waals surface area (Å²) in [6.45, 7) is 3.55. The van der Waals surface area contributed by atoms with Gasteiger partial charge in [0.15, 0.2) is 0 Å². The fraction of sp³-hybridized carbons (Fsp3) is 0.455. The van der Waals surface area contributed by atoms with Crippen LogP contribution in [0.4, 0.5) is 0 Å². The van der Waals surface area contributed by atoms with Crippen LogP contribution in [0, 0.1) is 0 Å². The quantitative estimate of drug-likeness (QED) is 0.610. The number of likely N-dealkylation sites (N-methyl/N-ethyl adjacent to an activating group) is 1. The molecule has 92 valence electrons. The summed E-state index contributed by atoms with van der Waals surface area (Å²) in [6.07, 6.45) is 1.74. The van der Waals surface area contributed by atoms with E-state index in [2.05, 4.69) is 5.32 Å². The summed E-state index contributed by atoms with van der Waals surface area (Å²) in [5, 5.41) is 4.83. The van der Waals surface area contributed by atoms with Crippen LogP contribution in [0.3, 0.4) is 0 Å². The number of rotatable bonds is 2. The third-order valence-electron chi connectivity index (χ3n) is 2.98. The van der Waals surface area contributed by atoms with Gasteiger partial charge in [-0.25, -0.2) is 0 Å². The van der Waals surface area contributed by atoms with Gasteiger partial charge in [0.1, 0.15) is 6.04 Å². The maximum Gasteiger partial charge on any atom is 0.250 e. The minimum atomic E-state index is -0.436. The van der Waals surface area contributed by atoms with Gasteiger partial charge in [-0.3, -0.25) is 9.59 Å². The summed E-state index contributed by atoms with van der Waals surface area (Å²) < 4.78 is 0. The van der Waals surface area contributed by atoms with Crippen LogP contribution in [-0.4, -0.2) is 35.1 Å². The Labute approximate surface area is 108 Å². The van der Waals surface area contributed by atoms with Gasteiger partial charge in [-0.1, -0.05) is 27.7 Å². The van der Waals surface area contributed by atoms with Crippen LogP contribution in [0.15, 0.2) is 22.8 Å². The van der Waals surface area contributed by atoms with Crippen LogP contribution in [0.1, 0.15) is 13.8 Å². The highest BCUT2D eigenvalue weighted by Crippen LogP contribution is 2.46. The van der Waals surface area contributed by atoms with Gasteiger partial charge in [0.05, 0.1) is 5.25 Å². The lowest BCUT2D eigenvalue weighted by Crippen LogP contribution is -2.44. The molecule has 6 heteroatoms. The largest absolute Gasteiger partial charge is 0.339 e. The van der Waals surface area contributed by atoms with E-state index in [1.165, 1.54) is 0 Å². The smallest absolute Gasteiger partial charge is 0.250 e. The molecule has 0 aromatic carbocycles. The van der Waals surface area contributed by atoms with Gasteiger partial charge in [0.25, 0.3) is 5.91 Å². The molecule has 0 aliphatic carbocycles. The van der Waals surface area contributed by atoms with E-state index in [4.69, 9.17) is 0 Å². The Morgan fingerprint density at radius 1 is 1.59 bits per heavy atom. The molecule has 2 unspecified atom stereocenters. The number of fused-ring (bicyclic) bond motifs is 1. The number of likely N-dealkylation sites (tertiary alicyclic amines) is 1. The first-order chi connectivity index (χ1) is 8.06. The van der Waals surface area contributed by atoms with Gasteiger partial charge in [0, 0.05) is 23.7 Å². The fourth-order valence-electron chi connectivity index (χ4n) is 1.74. The van der Waals surface area contributed by atoms with Crippen molar-refractivity contribution in [2.45, 2.75) is 25.1 Å². The third kappa shape index (κ3) is 2.11. The fourth-order valence-corrected chi connectivity index (χ4v) is 4.47. The van der Waals surface area contributed by atoms with Gasteiger partial charge >= 0.3 is 0 Å². The first-order valence-corrected chi connectivity index (χ1v) is 7.57. The number of hydrogen-bond acceptors (Lipinski definition) is 4. The zero-order valence-electron chi connectivity index (χ0n) is 9.89. The van der Waals surface area contributed by atoms with Crippen molar-refractivity contribution in [3.05, 3.63) is 22.8 Å². The van der Waals surface area contributed by atoms with Crippen LogP contribution >= 0.6 is 21.6 Å². The van der Waals surface area contributed by atoms with Crippen LogP contribution in [0.5, 0.6) is 0 Å². The lowest BCUT2D eigenvalue weighted by Gasteiger charge is -2.15. The van der Waals surface area contributed by atoms with Crippen LogP contribution < -0.4 is 5.32 Å². The molecule has 1 fully saturated rings. The molecule has 4 nitrogen and oxygen atoms in total. The molecule has 2 amide bonds. The molecule has 2 aliphatic rings. The number of nitrogens with one attached hydrogen (secondary N) is 1. The number of nitrogens with zero attached hydrogens (tertiary/aromatic N) is 1. The van der Waals surface area contributed by atoms with Gasteiger partial charge in [0.2, 0.25) is 5.91 Å². The van der Waals surface area contributed by atoms with Crippen LogP contribution in [0.25, 0.3) is 0 Å². The summed E-state index contributed by atoms with van der Waals surface area (Å²) >= 11 is 0. The van der Waals surface area contributed by atoms with Crippen molar-refractivity contribution < 1.29 is 9.59 Å².